The van der Waals surface area contributed by atoms with Crippen LogP contribution in [0.25, 0.3) is 0 Å². The molecule has 1 heterocycles. The molecule has 0 fully saturated rings. The molecule has 116 valence electrons. The molecule has 2 aromatic rings. The summed E-state index contributed by atoms with van der Waals surface area (Å²) < 4.78 is 10.7. The number of furan rings is 1. The summed E-state index contributed by atoms with van der Waals surface area (Å²) >= 11 is 3.20. The molecule has 0 aliphatic carbocycles. The van der Waals surface area contributed by atoms with Crippen LogP contribution in [0.15, 0.2) is 45.5 Å². The van der Waals surface area contributed by atoms with Gasteiger partial charge >= 0.3 is 5.97 Å². The van der Waals surface area contributed by atoms with Crippen LogP contribution in [0.4, 0.5) is 0 Å². The Labute approximate surface area is 135 Å². The van der Waals surface area contributed by atoms with Crippen molar-refractivity contribution in [1.29, 1.82) is 0 Å². The zero-order valence-corrected chi connectivity index (χ0v) is 13.3. The molecule has 0 aliphatic heterocycles. The first-order valence-electron chi connectivity index (χ1n) is 6.47. The van der Waals surface area contributed by atoms with Gasteiger partial charge in [-0.15, -0.1) is 0 Å². The number of benzene rings is 1. The van der Waals surface area contributed by atoms with Gasteiger partial charge in [-0.1, -0.05) is 15.9 Å². The van der Waals surface area contributed by atoms with Crippen molar-refractivity contribution in [2.75, 3.05) is 0 Å². The van der Waals surface area contributed by atoms with Crippen LogP contribution in [-0.2, 0) is 16.1 Å². The van der Waals surface area contributed by atoms with E-state index in [1.807, 2.05) is 0 Å². The minimum Gasteiger partial charge on any atom is -0.507 e. The van der Waals surface area contributed by atoms with E-state index >= 15 is 0 Å². The fraction of sp³-hybridized carbons (Fsp3) is 0.200. The summed E-state index contributed by atoms with van der Waals surface area (Å²) in [6.45, 7) is 1.65. The molecule has 1 atom stereocenters. The molecule has 1 aromatic carbocycles. The van der Waals surface area contributed by atoms with Gasteiger partial charge in [-0.2, -0.15) is 0 Å². The predicted octanol–water partition coefficient (Wildman–Crippen LogP) is 2.61. The highest BCUT2D eigenvalue weighted by molar-refractivity contribution is 9.10. The Balaban J connectivity index is 1.92. The Morgan fingerprint density at radius 2 is 2.18 bits per heavy atom. The lowest BCUT2D eigenvalue weighted by Crippen LogP contribution is -2.35. The molecule has 0 spiro atoms. The number of halogens is 1. The first-order valence-corrected chi connectivity index (χ1v) is 7.26. The second kappa shape index (κ2) is 7.13. The number of esters is 1. The van der Waals surface area contributed by atoms with Crippen molar-refractivity contribution in [3.8, 4) is 5.75 Å². The summed E-state index contributed by atoms with van der Waals surface area (Å²) in [5, 5.41) is 12.2. The maximum atomic E-state index is 12.0. The Morgan fingerprint density at radius 1 is 1.41 bits per heavy atom. The number of carbonyl (C=O) groups excluding carboxylic acids is 2. The van der Waals surface area contributed by atoms with Crippen LogP contribution in [0.1, 0.15) is 23.0 Å². The molecule has 1 amide bonds. The maximum absolute atomic E-state index is 12.0. The topological polar surface area (TPSA) is 88.8 Å². The summed E-state index contributed by atoms with van der Waals surface area (Å²) in [5.41, 5.74) is -0.0138. The van der Waals surface area contributed by atoms with E-state index in [0.29, 0.717) is 10.2 Å². The summed E-state index contributed by atoms with van der Waals surface area (Å²) in [6.07, 6.45) is 0.502. The van der Waals surface area contributed by atoms with Gasteiger partial charge in [0.2, 0.25) is 0 Å². The standard InChI is InChI=1S/C15H14BrNO5/c1-9(14(19)17-8-11-3-2-6-21-11)22-15(20)12-7-10(16)4-5-13(12)18/h2-7,9,18H,8H2,1H3,(H,17,19)/t9-/m0/s1. The number of hydrogen-bond donors (Lipinski definition) is 2. The minimum atomic E-state index is -0.999. The molecule has 6 nitrogen and oxygen atoms in total. The molecule has 7 heteroatoms. The van der Waals surface area contributed by atoms with E-state index in [0.717, 1.165) is 0 Å². The second-order valence-corrected chi connectivity index (χ2v) is 5.42. The monoisotopic (exact) mass is 367 g/mol. The number of ether oxygens (including phenoxy) is 1. The fourth-order valence-electron chi connectivity index (χ4n) is 1.68. The van der Waals surface area contributed by atoms with Crippen molar-refractivity contribution in [3.05, 3.63) is 52.4 Å². The second-order valence-electron chi connectivity index (χ2n) is 4.51. The third-order valence-corrected chi connectivity index (χ3v) is 3.34. The predicted molar refractivity (Wildman–Crippen MR) is 81.2 cm³/mol. The van der Waals surface area contributed by atoms with E-state index in [4.69, 9.17) is 9.15 Å². The number of phenolic OH excluding ortho intramolecular Hbond substituents is 1. The molecule has 0 saturated carbocycles. The molecule has 0 bridgehead atoms. The number of phenols is 1. The highest BCUT2D eigenvalue weighted by atomic mass is 79.9. The Bertz CT molecular complexity index is 669. The average molecular weight is 368 g/mol. The summed E-state index contributed by atoms with van der Waals surface area (Å²) in [4.78, 5) is 23.8. The quantitative estimate of drug-likeness (QED) is 0.792. The van der Waals surface area contributed by atoms with E-state index in [1.54, 1.807) is 18.2 Å². The lowest BCUT2D eigenvalue weighted by atomic mass is 10.2. The summed E-state index contributed by atoms with van der Waals surface area (Å²) in [6, 6.07) is 7.80. The van der Waals surface area contributed by atoms with Crippen LogP contribution in [-0.4, -0.2) is 23.1 Å². The van der Waals surface area contributed by atoms with Gasteiger partial charge in [0.1, 0.15) is 17.1 Å². The van der Waals surface area contributed by atoms with Gasteiger partial charge < -0.3 is 19.6 Å². The van der Waals surface area contributed by atoms with E-state index in [9.17, 15) is 14.7 Å². The zero-order chi connectivity index (χ0) is 16.1. The zero-order valence-electron chi connectivity index (χ0n) is 11.7. The molecule has 1 aromatic heterocycles. The Morgan fingerprint density at radius 3 is 2.86 bits per heavy atom. The highest BCUT2D eigenvalue weighted by Crippen LogP contribution is 2.23. The van der Waals surface area contributed by atoms with Crippen LogP contribution in [0.2, 0.25) is 0 Å². The normalized spacial score (nSPS) is 11.7. The number of rotatable bonds is 5. The van der Waals surface area contributed by atoms with Crippen molar-refractivity contribution < 1.29 is 23.8 Å². The van der Waals surface area contributed by atoms with Crippen LogP contribution in [0.5, 0.6) is 5.75 Å². The van der Waals surface area contributed by atoms with Crippen molar-refractivity contribution in [1.82, 2.24) is 5.32 Å². The highest BCUT2D eigenvalue weighted by Gasteiger charge is 2.21. The van der Waals surface area contributed by atoms with E-state index in [-0.39, 0.29) is 17.9 Å². The smallest absolute Gasteiger partial charge is 0.342 e. The van der Waals surface area contributed by atoms with Gasteiger partial charge in [0, 0.05) is 4.47 Å². The molecular formula is C15H14BrNO5. The Kier molecular flexibility index (Phi) is 5.21. The molecule has 2 N–H and O–H groups in total. The molecule has 22 heavy (non-hydrogen) atoms. The third-order valence-electron chi connectivity index (χ3n) is 2.85. The van der Waals surface area contributed by atoms with Crippen molar-refractivity contribution >= 4 is 27.8 Å². The minimum absolute atomic E-state index is 0.0138. The number of hydrogen-bond acceptors (Lipinski definition) is 5. The van der Waals surface area contributed by atoms with Gasteiger partial charge in [-0.3, -0.25) is 4.79 Å². The number of amides is 1. The van der Waals surface area contributed by atoms with E-state index in [1.165, 1.54) is 25.3 Å². The lowest BCUT2D eigenvalue weighted by Gasteiger charge is -2.13. The molecule has 0 saturated heterocycles. The van der Waals surface area contributed by atoms with Crippen LogP contribution < -0.4 is 5.32 Å². The van der Waals surface area contributed by atoms with Crippen LogP contribution >= 0.6 is 15.9 Å². The van der Waals surface area contributed by atoms with Gasteiger partial charge in [0.25, 0.3) is 5.91 Å². The van der Waals surface area contributed by atoms with Crippen molar-refractivity contribution in [2.45, 2.75) is 19.6 Å². The van der Waals surface area contributed by atoms with Crippen LogP contribution in [0.3, 0.4) is 0 Å². The summed E-state index contributed by atoms with van der Waals surface area (Å²) in [5.74, 6) is -0.855. The van der Waals surface area contributed by atoms with Gasteiger partial charge in [-0.05, 0) is 37.3 Å². The SMILES string of the molecule is C[C@H](OC(=O)c1cc(Br)ccc1O)C(=O)NCc1ccco1. The van der Waals surface area contributed by atoms with Crippen LogP contribution in [0, 0.1) is 0 Å². The van der Waals surface area contributed by atoms with Gasteiger partial charge in [0.05, 0.1) is 12.8 Å². The van der Waals surface area contributed by atoms with E-state index < -0.39 is 18.0 Å². The number of nitrogens with one attached hydrogen (secondary N) is 1. The molecule has 0 aliphatic rings. The van der Waals surface area contributed by atoms with Crippen molar-refractivity contribution in [3.63, 3.8) is 0 Å². The summed E-state index contributed by atoms with van der Waals surface area (Å²) in [7, 11) is 0. The largest absolute Gasteiger partial charge is 0.507 e. The maximum Gasteiger partial charge on any atom is 0.342 e. The molecule has 0 unspecified atom stereocenters. The first-order chi connectivity index (χ1) is 10.5. The van der Waals surface area contributed by atoms with E-state index in [2.05, 4.69) is 21.2 Å². The van der Waals surface area contributed by atoms with Gasteiger partial charge in [0.15, 0.2) is 6.10 Å². The third kappa shape index (κ3) is 4.11. The first kappa shape index (κ1) is 16.1. The number of aromatic hydroxyl groups is 1. The van der Waals surface area contributed by atoms with Crippen molar-refractivity contribution in [2.24, 2.45) is 0 Å². The molecule has 0 radical (unpaired) electrons. The fourth-order valence-corrected chi connectivity index (χ4v) is 2.04. The van der Waals surface area contributed by atoms with Gasteiger partial charge in [-0.25, -0.2) is 4.79 Å². The lowest BCUT2D eigenvalue weighted by molar-refractivity contribution is -0.129. The number of carbonyl (C=O) groups is 2. The molecule has 2 rings (SSSR count). The average Bonchev–Trinajstić information content (AvgIpc) is 3.00. The molecular weight excluding hydrogens is 354 g/mol. The Hall–Kier alpha value is -2.28.